The summed E-state index contributed by atoms with van der Waals surface area (Å²) in [5, 5.41) is 10.5. The molecule has 158 valence electrons. The van der Waals surface area contributed by atoms with Crippen LogP contribution in [0.3, 0.4) is 0 Å². The summed E-state index contributed by atoms with van der Waals surface area (Å²) in [6.45, 7) is 0.540. The van der Waals surface area contributed by atoms with Gasteiger partial charge in [0.05, 0.1) is 19.2 Å². The predicted molar refractivity (Wildman–Crippen MR) is 124 cm³/mol. The van der Waals surface area contributed by atoms with Crippen LogP contribution in [0.15, 0.2) is 85.1 Å². The summed E-state index contributed by atoms with van der Waals surface area (Å²) in [6.07, 6.45) is 1.93. The highest BCUT2D eigenvalue weighted by atomic mass is 19.1. The zero-order valence-electron chi connectivity index (χ0n) is 17.4. The molecule has 0 fully saturated rings. The van der Waals surface area contributed by atoms with Gasteiger partial charge in [-0.1, -0.05) is 24.3 Å². The largest absolute Gasteiger partial charge is 0.497 e. The van der Waals surface area contributed by atoms with Crippen LogP contribution in [0.2, 0.25) is 0 Å². The van der Waals surface area contributed by atoms with Crippen molar-refractivity contribution in [3.8, 4) is 5.75 Å². The molecule has 0 unspecified atom stereocenters. The maximum atomic E-state index is 13.1. The second-order valence-corrected chi connectivity index (χ2v) is 7.61. The van der Waals surface area contributed by atoms with Crippen LogP contribution in [0.4, 0.5) is 10.1 Å². The van der Waals surface area contributed by atoms with Crippen molar-refractivity contribution in [2.75, 3.05) is 12.4 Å². The Bertz CT molecular complexity index is 1440. The lowest BCUT2D eigenvalue weighted by Crippen LogP contribution is -2.11. The number of nitrogens with one attached hydrogen (secondary N) is 1. The number of hydrogen-bond acceptors (Lipinski definition) is 3. The van der Waals surface area contributed by atoms with E-state index in [4.69, 9.17) is 4.74 Å². The fourth-order valence-electron chi connectivity index (χ4n) is 3.70. The molecule has 1 amide bonds. The van der Waals surface area contributed by atoms with Gasteiger partial charge in [-0.2, -0.15) is 5.10 Å². The van der Waals surface area contributed by atoms with Crippen molar-refractivity contribution in [1.29, 1.82) is 0 Å². The SMILES string of the molecule is COc1ccc2cc(C(=O)Nc3ccc4cn(Cc5ccc(F)cc5)nc4c3)ccc2c1. The van der Waals surface area contributed by atoms with Crippen LogP contribution in [0, 0.1) is 5.82 Å². The first-order valence-electron chi connectivity index (χ1n) is 10.2. The second kappa shape index (κ2) is 8.15. The molecule has 5 rings (SSSR count). The van der Waals surface area contributed by atoms with E-state index < -0.39 is 0 Å². The molecule has 5 aromatic rings. The number of hydrogen-bond donors (Lipinski definition) is 1. The lowest BCUT2D eigenvalue weighted by atomic mass is 10.1. The van der Waals surface area contributed by atoms with E-state index in [1.165, 1.54) is 12.1 Å². The molecule has 1 heterocycles. The molecule has 5 nitrogen and oxygen atoms in total. The van der Waals surface area contributed by atoms with Gasteiger partial charge >= 0.3 is 0 Å². The molecule has 0 saturated heterocycles. The molecule has 0 aliphatic carbocycles. The van der Waals surface area contributed by atoms with E-state index in [0.717, 1.165) is 33.0 Å². The topological polar surface area (TPSA) is 56.1 Å². The molecule has 0 atom stereocenters. The minimum Gasteiger partial charge on any atom is -0.497 e. The van der Waals surface area contributed by atoms with Gasteiger partial charge in [0, 0.05) is 22.8 Å². The van der Waals surface area contributed by atoms with Crippen molar-refractivity contribution in [1.82, 2.24) is 9.78 Å². The number of carbonyl (C=O) groups excluding carboxylic acids is 1. The Kier molecular flexibility index (Phi) is 5.03. The standard InChI is InChI=1S/C26H20FN3O2/c1-32-24-11-7-18-12-20(5-4-19(18)13-24)26(31)28-23-10-6-21-16-30(29-25(21)14-23)15-17-2-8-22(27)9-3-17/h2-14,16H,15H2,1H3,(H,28,31). The second-order valence-electron chi connectivity index (χ2n) is 7.61. The molecule has 4 aromatic carbocycles. The Hall–Kier alpha value is -4.19. The highest BCUT2D eigenvalue weighted by Gasteiger charge is 2.09. The van der Waals surface area contributed by atoms with Gasteiger partial charge in [-0.3, -0.25) is 9.48 Å². The quantitative estimate of drug-likeness (QED) is 0.397. The lowest BCUT2D eigenvalue weighted by Gasteiger charge is -2.07. The van der Waals surface area contributed by atoms with Crippen molar-refractivity contribution in [3.63, 3.8) is 0 Å². The van der Waals surface area contributed by atoms with E-state index in [9.17, 15) is 9.18 Å². The molecule has 0 bridgehead atoms. The highest BCUT2D eigenvalue weighted by molar-refractivity contribution is 6.07. The molecule has 0 aliphatic heterocycles. The monoisotopic (exact) mass is 425 g/mol. The van der Waals surface area contributed by atoms with Crippen LogP contribution in [-0.4, -0.2) is 22.8 Å². The minimum atomic E-state index is -0.258. The van der Waals surface area contributed by atoms with E-state index in [1.54, 1.807) is 30.0 Å². The Morgan fingerprint density at radius 1 is 0.938 bits per heavy atom. The number of amides is 1. The number of anilines is 1. The molecule has 0 radical (unpaired) electrons. The van der Waals surface area contributed by atoms with E-state index in [2.05, 4.69) is 10.4 Å². The van der Waals surface area contributed by atoms with Gasteiger partial charge in [0.1, 0.15) is 11.6 Å². The number of fused-ring (bicyclic) bond motifs is 2. The maximum absolute atomic E-state index is 13.1. The normalized spacial score (nSPS) is 11.1. The first kappa shape index (κ1) is 19.8. The van der Waals surface area contributed by atoms with Gasteiger partial charge in [0.15, 0.2) is 0 Å². The van der Waals surface area contributed by atoms with Gasteiger partial charge in [0.2, 0.25) is 0 Å². The Morgan fingerprint density at radius 2 is 1.69 bits per heavy atom. The van der Waals surface area contributed by atoms with Gasteiger partial charge in [-0.05, 0) is 70.9 Å². The average molecular weight is 425 g/mol. The molecule has 0 spiro atoms. The predicted octanol–water partition coefficient (Wildman–Crippen LogP) is 5.64. The highest BCUT2D eigenvalue weighted by Crippen LogP contribution is 2.23. The summed E-state index contributed by atoms with van der Waals surface area (Å²) in [7, 11) is 1.63. The number of nitrogens with zero attached hydrogens (tertiary/aromatic N) is 2. The van der Waals surface area contributed by atoms with Crippen LogP contribution < -0.4 is 10.1 Å². The van der Waals surface area contributed by atoms with Gasteiger partial charge in [-0.25, -0.2) is 4.39 Å². The summed E-state index contributed by atoms with van der Waals surface area (Å²) >= 11 is 0. The zero-order chi connectivity index (χ0) is 22.1. The molecule has 0 saturated carbocycles. The number of rotatable bonds is 5. The minimum absolute atomic E-state index is 0.187. The third kappa shape index (κ3) is 4.03. The molecule has 32 heavy (non-hydrogen) atoms. The summed E-state index contributed by atoms with van der Waals surface area (Å²) in [4.78, 5) is 12.8. The fraction of sp³-hybridized carbons (Fsp3) is 0.0769. The average Bonchev–Trinajstić information content (AvgIpc) is 3.21. The summed E-state index contributed by atoms with van der Waals surface area (Å²) in [6, 6.07) is 23.3. The first-order valence-corrected chi connectivity index (χ1v) is 10.2. The smallest absolute Gasteiger partial charge is 0.255 e. The Balaban J connectivity index is 1.34. The van der Waals surface area contributed by atoms with Crippen molar-refractivity contribution in [2.24, 2.45) is 0 Å². The zero-order valence-corrected chi connectivity index (χ0v) is 17.4. The summed E-state index contributed by atoms with van der Waals surface area (Å²) in [5.74, 6) is 0.334. The first-order chi connectivity index (χ1) is 15.6. The van der Waals surface area contributed by atoms with Crippen LogP contribution in [0.5, 0.6) is 5.75 Å². The Labute approximate surface area is 184 Å². The molecule has 0 aliphatic rings. The lowest BCUT2D eigenvalue weighted by molar-refractivity contribution is 0.102. The third-order valence-corrected chi connectivity index (χ3v) is 5.38. The van der Waals surface area contributed by atoms with E-state index >= 15 is 0 Å². The number of carbonyl (C=O) groups is 1. The molecule has 1 N–H and O–H groups in total. The summed E-state index contributed by atoms with van der Waals surface area (Å²) < 4.78 is 20.2. The van der Waals surface area contributed by atoms with Crippen molar-refractivity contribution in [3.05, 3.63) is 102 Å². The molecular formula is C26H20FN3O2. The number of halogens is 1. The number of ether oxygens (including phenoxy) is 1. The van der Waals surface area contributed by atoms with E-state index in [0.29, 0.717) is 17.8 Å². The van der Waals surface area contributed by atoms with Crippen LogP contribution in [-0.2, 0) is 6.54 Å². The Morgan fingerprint density at radius 3 is 2.50 bits per heavy atom. The van der Waals surface area contributed by atoms with Crippen LogP contribution in [0.25, 0.3) is 21.7 Å². The maximum Gasteiger partial charge on any atom is 0.255 e. The molecular weight excluding hydrogens is 405 g/mol. The van der Waals surface area contributed by atoms with Crippen molar-refractivity contribution >= 4 is 33.3 Å². The van der Waals surface area contributed by atoms with Crippen LogP contribution in [0.1, 0.15) is 15.9 Å². The molecule has 1 aromatic heterocycles. The van der Waals surface area contributed by atoms with Gasteiger partial charge < -0.3 is 10.1 Å². The van der Waals surface area contributed by atoms with Crippen molar-refractivity contribution < 1.29 is 13.9 Å². The number of benzene rings is 4. The number of aromatic nitrogens is 2. The fourth-order valence-corrected chi connectivity index (χ4v) is 3.70. The van der Waals surface area contributed by atoms with Crippen LogP contribution >= 0.6 is 0 Å². The van der Waals surface area contributed by atoms with Gasteiger partial charge in [0.25, 0.3) is 5.91 Å². The van der Waals surface area contributed by atoms with Gasteiger partial charge in [-0.15, -0.1) is 0 Å². The van der Waals surface area contributed by atoms with Crippen molar-refractivity contribution in [2.45, 2.75) is 6.54 Å². The summed E-state index contributed by atoms with van der Waals surface area (Å²) in [5.41, 5.74) is 2.98. The van der Waals surface area contributed by atoms with E-state index in [-0.39, 0.29) is 11.7 Å². The van der Waals surface area contributed by atoms with E-state index in [1.807, 2.05) is 54.7 Å². The molecule has 6 heteroatoms. The number of methoxy groups -OCH3 is 1. The third-order valence-electron chi connectivity index (χ3n) is 5.38.